The third-order valence-corrected chi connectivity index (χ3v) is 2.10. The van der Waals surface area contributed by atoms with E-state index in [2.05, 4.69) is 15.9 Å². The molecule has 0 radical (unpaired) electrons. The van der Waals surface area contributed by atoms with Gasteiger partial charge in [-0.25, -0.2) is 0 Å². The molecule has 0 amide bonds. The number of anilines is 1. The van der Waals surface area contributed by atoms with Crippen molar-refractivity contribution in [2.75, 3.05) is 5.73 Å². The van der Waals surface area contributed by atoms with E-state index in [9.17, 15) is 0 Å². The number of nitrogens with two attached hydrogens (primary N) is 1. The SMILES string of the molecule is CC(C#N)Oc1c(N)cccc1Br. The number of nitrogens with zero attached hydrogens (tertiary/aromatic N) is 1. The third kappa shape index (κ3) is 2.36. The van der Waals surface area contributed by atoms with Gasteiger partial charge < -0.3 is 10.5 Å². The summed E-state index contributed by atoms with van der Waals surface area (Å²) in [5.74, 6) is 0.525. The van der Waals surface area contributed by atoms with Gasteiger partial charge in [0.1, 0.15) is 6.07 Å². The van der Waals surface area contributed by atoms with Gasteiger partial charge in [-0.2, -0.15) is 5.26 Å². The fourth-order valence-corrected chi connectivity index (χ4v) is 1.33. The Labute approximate surface area is 85.2 Å². The summed E-state index contributed by atoms with van der Waals surface area (Å²) in [6, 6.07) is 7.32. The third-order valence-electron chi connectivity index (χ3n) is 1.47. The minimum atomic E-state index is -0.499. The van der Waals surface area contributed by atoms with Crippen molar-refractivity contribution < 1.29 is 4.74 Å². The van der Waals surface area contributed by atoms with Gasteiger partial charge in [0.2, 0.25) is 0 Å². The topological polar surface area (TPSA) is 59.0 Å². The molecule has 0 saturated carbocycles. The molecule has 0 aliphatic rings. The van der Waals surface area contributed by atoms with Crippen molar-refractivity contribution >= 4 is 21.6 Å². The zero-order valence-electron chi connectivity index (χ0n) is 7.12. The van der Waals surface area contributed by atoms with E-state index in [1.54, 1.807) is 13.0 Å². The molecule has 0 aromatic heterocycles. The second-order valence-corrected chi connectivity index (χ2v) is 3.40. The summed E-state index contributed by atoms with van der Waals surface area (Å²) in [5, 5.41) is 8.55. The van der Waals surface area contributed by atoms with Crippen LogP contribution in [0.25, 0.3) is 0 Å². The standard InChI is InChI=1S/C9H9BrN2O/c1-6(5-11)13-9-7(10)3-2-4-8(9)12/h2-4,6H,12H2,1H3. The number of hydrogen-bond acceptors (Lipinski definition) is 3. The molecule has 1 rings (SSSR count). The molecule has 1 unspecified atom stereocenters. The summed E-state index contributed by atoms with van der Waals surface area (Å²) in [6.45, 7) is 1.67. The van der Waals surface area contributed by atoms with E-state index in [0.717, 1.165) is 4.47 Å². The first-order chi connectivity index (χ1) is 6.15. The predicted octanol–water partition coefficient (Wildman–Crippen LogP) is 2.32. The lowest BCUT2D eigenvalue weighted by atomic mass is 10.3. The highest BCUT2D eigenvalue weighted by molar-refractivity contribution is 9.10. The Morgan fingerprint density at radius 1 is 1.62 bits per heavy atom. The van der Waals surface area contributed by atoms with E-state index in [1.807, 2.05) is 18.2 Å². The summed E-state index contributed by atoms with van der Waals surface area (Å²) < 4.78 is 6.05. The Hall–Kier alpha value is -1.21. The molecular weight excluding hydrogens is 232 g/mol. The van der Waals surface area contributed by atoms with Crippen molar-refractivity contribution in [2.24, 2.45) is 0 Å². The molecule has 0 bridgehead atoms. The number of hydrogen-bond donors (Lipinski definition) is 1. The van der Waals surface area contributed by atoms with Crippen molar-refractivity contribution in [1.82, 2.24) is 0 Å². The van der Waals surface area contributed by atoms with E-state index in [-0.39, 0.29) is 0 Å². The first kappa shape index (κ1) is 9.87. The Balaban J connectivity index is 2.95. The summed E-state index contributed by atoms with van der Waals surface area (Å²) in [7, 11) is 0. The number of benzene rings is 1. The maximum atomic E-state index is 8.55. The summed E-state index contributed by atoms with van der Waals surface area (Å²) >= 11 is 3.29. The van der Waals surface area contributed by atoms with Gasteiger partial charge in [-0.1, -0.05) is 6.07 Å². The van der Waals surface area contributed by atoms with Gasteiger partial charge in [-0.15, -0.1) is 0 Å². The van der Waals surface area contributed by atoms with Crippen LogP contribution in [0.2, 0.25) is 0 Å². The number of para-hydroxylation sites is 1. The van der Waals surface area contributed by atoms with Gasteiger partial charge in [0, 0.05) is 0 Å². The molecular formula is C9H9BrN2O. The van der Waals surface area contributed by atoms with Crippen LogP contribution in [0, 0.1) is 11.3 Å². The van der Waals surface area contributed by atoms with Crippen molar-refractivity contribution in [3.63, 3.8) is 0 Å². The molecule has 1 atom stereocenters. The Kier molecular flexibility index (Phi) is 3.15. The molecule has 3 nitrogen and oxygen atoms in total. The molecule has 0 fully saturated rings. The molecule has 1 aromatic rings. The molecule has 2 N–H and O–H groups in total. The zero-order chi connectivity index (χ0) is 9.84. The predicted molar refractivity (Wildman–Crippen MR) is 54.3 cm³/mol. The summed E-state index contributed by atoms with van der Waals surface area (Å²) in [5.41, 5.74) is 6.18. The largest absolute Gasteiger partial charge is 0.473 e. The maximum Gasteiger partial charge on any atom is 0.181 e. The molecule has 4 heteroatoms. The van der Waals surface area contributed by atoms with Crippen molar-refractivity contribution in [2.45, 2.75) is 13.0 Å². The van der Waals surface area contributed by atoms with Gasteiger partial charge in [-0.05, 0) is 35.0 Å². The van der Waals surface area contributed by atoms with Crippen LogP contribution in [-0.2, 0) is 0 Å². The number of halogens is 1. The van der Waals surface area contributed by atoms with Crippen LogP contribution >= 0.6 is 15.9 Å². The Morgan fingerprint density at radius 3 is 2.85 bits per heavy atom. The van der Waals surface area contributed by atoms with Gasteiger partial charge in [0.05, 0.1) is 10.2 Å². The summed E-state index contributed by atoms with van der Waals surface area (Å²) in [6.07, 6.45) is -0.499. The van der Waals surface area contributed by atoms with Crippen molar-refractivity contribution in [3.8, 4) is 11.8 Å². The fraction of sp³-hybridized carbons (Fsp3) is 0.222. The van der Waals surface area contributed by atoms with Crippen molar-refractivity contribution in [1.29, 1.82) is 5.26 Å². The van der Waals surface area contributed by atoms with Gasteiger partial charge in [0.25, 0.3) is 0 Å². The smallest absolute Gasteiger partial charge is 0.181 e. The van der Waals surface area contributed by atoms with Crippen LogP contribution in [0.4, 0.5) is 5.69 Å². The minimum absolute atomic E-state index is 0.499. The van der Waals surface area contributed by atoms with Crippen molar-refractivity contribution in [3.05, 3.63) is 22.7 Å². The summed E-state index contributed by atoms with van der Waals surface area (Å²) in [4.78, 5) is 0. The maximum absolute atomic E-state index is 8.55. The van der Waals surface area contributed by atoms with Crippen LogP contribution in [-0.4, -0.2) is 6.10 Å². The minimum Gasteiger partial charge on any atom is -0.473 e. The Morgan fingerprint density at radius 2 is 2.31 bits per heavy atom. The van der Waals surface area contributed by atoms with Crippen LogP contribution in [0.5, 0.6) is 5.75 Å². The molecule has 0 saturated heterocycles. The van der Waals surface area contributed by atoms with Gasteiger partial charge in [0.15, 0.2) is 11.9 Å². The lowest BCUT2D eigenvalue weighted by Gasteiger charge is -2.11. The first-order valence-electron chi connectivity index (χ1n) is 3.75. The fourth-order valence-electron chi connectivity index (χ4n) is 0.853. The molecule has 0 heterocycles. The molecule has 1 aromatic carbocycles. The lowest BCUT2D eigenvalue weighted by molar-refractivity contribution is 0.276. The van der Waals surface area contributed by atoms with E-state index in [0.29, 0.717) is 11.4 Å². The average Bonchev–Trinajstić information content (AvgIpc) is 2.11. The van der Waals surface area contributed by atoms with Crippen LogP contribution in [0.15, 0.2) is 22.7 Å². The molecule has 0 spiro atoms. The van der Waals surface area contributed by atoms with Gasteiger partial charge >= 0.3 is 0 Å². The van der Waals surface area contributed by atoms with Gasteiger partial charge in [-0.3, -0.25) is 0 Å². The van der Waals surface area contributed by atoms with E-state index < -0.39 is 6.10 Å². The number of rotatable bonds is 2. The van der Waals surface area contributed by atoms with Crippen LogP contribution < -0.4 is 10.5 Å². The first-order valence-corrected chi connectivity index (χ1v) is 4.54. The van der Waals surface area contributed by atoms with E-state index >= 15 is 0 Å². The molecule has 68 valence electrons. The highest BCUT2D eigenvalue weighted by Crippen LogP contribution is 2.31. The van der Waals surface area contributed by atoms with Crippen LogP contribution in [0.1, 0.15) is 6.92 Å². The molecule has 0 aliphatic heterocycles. The molecule has 0 aliphatic carbocycles. The quantitative estimate of drug-likeness (QED) is 0.808. The number of nitriles is 1. The number of nitrogen functional groups attached to an aromatic ring is 1. The second kappa shape index (κ2) is 4.15. The number of ether oxygens (including phenoxy) is 1. The highest BCUT2D eigenvalue weighted by atomic mass is 79.9. The molecule has 13 heavy (non-hydrogen) atoms. The monoisotopic (exact) mass is 240 g/mol. The Bertz CT molecular complexity index is 326. The second-order valence-electron chi connectivity index (χ2n) is 2.55. The highest BCUT2D eigenvalue weighted by Gasteiger charge is 2.08. The van der Waals surface area contributed by atoms with Crippen LogP contribution in [0.3, 0.4) is 0 Å². The average molecular weight is 241 g/mol. The normalized spacial score (nSPS) is 11.8. The lowest BCUT2D eigenvalue weighted by Crippen LogP contribution is -2.10. The van der Waals surface area contributed by atoms with E-state index in [4.69, 9.17) is 15.7 Å². The zero-order valence-corrected chi connectivity index (χ0v) is 8.71. The van der Waals surface area contributed by atoms with E-state index in [1.165, 1.54) is 0 Å².